The van der Waals surface area contributed by atoms with Gasteiger partial charge in [0.1, 0.15) is 11.4 Å². The number of nitrogens with zero attached hydrogens (tertiary/aromatic N) is 2. The fourth-order valence-corrected chi connectivity index (χ4v) is 8.64. The first-order valence-corrected chi connectivity index (χ1v) is 15.0. The Morgan fingerprint density at radius 1 is 1.15 bits per heavy atom. The highest BCUT2D eigenvalue weighted by atomic mass is 35.5. The van der Waals surface area contributed by atoms with Gasteiger partial charge in [-0.3, -0.25) is 20.2 Å². The molecule has 5 rings (SSSR count). The molecule has 2 amide bonds. The summed E-state index contributed by atoms with van der Waals surface area (Å²) in [6.07, 6.45) is -3.13. The fourth-order valence-electron chi connectivity index (χ4n) is 6.94. The number of halogens is 4. The number of likely N-dealkylation sites (tertiary alicyclic amines) is 1. The number of hydrogen-bond donors (Lipinski definition) is 5. The van der Waals surface area contributed by atoms with E-state index in [1.54, 1.807) is 7.11 Å². The summed E-state index contributed by atoms with van der Waals surface area (Å²) in [5.74, 6) is -2.10. The van der Waals surface area contributed by atoms with E-state index >= 15 is 0 Å². The van der Waals surface area contributed by atoms with Crippen LogP contribution in [-0.2, 0) is 14.3 Å². The van der Waals surface area contributed by atoms with Crippen molar-refractivity contribution in [3.05, 3.63) is 0 Å². The van der Waals surface area contributed by atoms with Crippen molar-refractivity contribution >= 4 is 35.2 Å². The number of rotatable bonds is 6. The molecule has 222 valence electrons. The van der Waals surface area contributed by atoms with Gasteiger partial charge in [-0.05, 0) is 31.6 Å². The van der Waals surface area contributed by atoms with Crippen molar-refractivity contribution in [3.63, 3.8) is 0 Å². The van der Waals surface area contributed by atoms with E-state index in [9.17, 15) is 22.8 Å². The molecule has 0 aromatic carbocycles. The number of fused-ring (bicyclic) bond motifs is 1. The van der Waals surface area contributed by atoms with Crippen LogP contribution in [0, 0.1) is 23.7 Å². The zero-order valence-electron chi connectivity index (χ0n) is 22.3. The molecule has 5 aliphatic rings. The van der Waals surface area contributed by atoms with E-state index in [1.807, 2.05) is 0 Å². The van der Waals surface area contributed by atoms with Crippen LogP contribution in [0.2, 0.25) is 0 Å². The lowest BCUT2D eigenvalue weighted by molar-refractivity contribution is -0.139. The summed E-state index contributed by atoms with van der Waals surface area (Å²) < 4.78 is 47.3. The highest BCUT2D eigenvalue weighted by Gasteiger charge is 2.53. The topological polar surface area (TPSA) is 110 Å². The molecule has 0 saturated carbocycles. The summed E-state index contributed by atoms with van der Waals surface area (Å²) in [5.41, 5.74) is 1.88. The number of ether oxygens (including phenoxy) is 1. The second-order valence-electron chi connectivity index (χ2n) is 11.4. The number of hydrazine groups is 1. The Kier molecular flexibility index (Phi) is 9.24. The van der Waals surface area contributed by atoms with Crippen molar-refractivity contribution in [2.45, 2.75) is 73.0 Å². The van der Waals surface area contributed by atoms with Gasteiger partial charge in [-0.1, -0.05) is 0 Å². The van der Waals surface area contributed by atoms with Crippen molar-refractivity contribution in [1.82, 2.24) is 36.6 Å². The van der Waals surface area contributed by atoms with Gasteiger partial charge in [-0.25, -0.2) is 23.6 Å². The van der Waals surface area contributed by atoms with Gasteiger partial charge in [-0.2, -0.15) is 0 Å². The average Bonchev–Trinajstić information content (AvgIpc) is 3.55. The quantitative estimate of drug-likeness (QED) is 0.215. The molecule has 12 unspecified atom stereocenters. The third kappa shape index (κ3) is 6.04. The molecule has 5 fully saturated rings. The molecule has 10 nitrogen and oxygen atoms in total. The van der Waals surface area contributed by atoms with Gasteiger partial charge in [0.2, 0.25) is 11.8 Å². The number of hydrogen-bond acceptors (Lipinski definition) is 9. The van der Waals surface area contributed by atoms with Crippen molar-refractivity contribution in [1.29, 1.82) is 0 Å². The molecule has 5 saturated heterocycles. The van der Waals surface area contributed by atoms with Crippen molar-refractivity contribution < 1.29 is 27.5 Å². The number of amides is 2. The lowest BCUT2D eigenvalue weighted by Gasteiger charge is -2.45. The summed E-state index contributed by atoms with van der Waals surface area (Å²) in [6, 6.07) is -1.40. The van der Waals surface area contributed by atoms with Crippen molar-refractivity contribution in [2.24, 2.45) is 23.7 Å². The van der Waals surface area contributed by atoms with E-state index in [1.165, 1.54) is 23.7 Å². The number of nitrogens with one attached hydrogen (secondary N) is 5. The van der Waals surface area contributed by atoms with Gasteiger partial charge in [0.05, 0.1) is 23.6 Å². The first-order valence-electron chi connectivity index (χ1n) is 13.6. The molecule has 0 bridgehead atoms. The van der Waals surface area contributed by atoms with Crippen LogP contribution in [0.15, 0.2) is 0 Å². The average molecular weight is 598 g/mol. The smallest absolute Gasteiger partial charge is 0.255 e. The Bertz CT molecular complexity index is 901. The van der Waals surface area contributed by atoms with Gasteiger partial charge in [0, 0.05) is 57.7 Å². The zero-order chi connectivity index (χ0) is 28.0. The van der Waals surface area contributed by atoms with E-state index < -0.39 is 30.6 Å². The number of alkyl halides is 4. The summed E-state index contributed by atoms with van der Waals surface area (Å²) in [4.78, 5) is 28.1. The number of carbonyl (C=O) groups excluding carboxylic acids is 2. The minimum Gasteiger partial charge on any atom is -0.380 e. The molecule has 0 aromatic heterocycles. The number of thioether (sulfide) groups is 1. The van der Waals surface area contributed by atoms with Crippen LogP contribution in [0.25, 0.3) is 0 Å². The number of methoxy groups -OCH3 is 1. The predicted octanol–water partition coefficient (Wildman–Crippen LogP) is 0.101. The molecule has 5 aliphatic heterocycles. The van der Waals surface area contributed by atoms with E-state index in [2.05, 4.69) is 33.6 Å². The van der Waals surface area contributed by atoms with E-state index in [-0.39, 0.29) is 64.6 Å². The summed E-state index contributed by atoms with van der Waals surface area (Å²) in [6.45, 7) is 3.92. The molecular weight excluding hydrogens is 559 g/mol. The van der Waals surface area contributed by atoms with Crippen molar-refractivity contribution in [2.75, 3.05) is 40.3 Å². The van der Waals surface area contributed by atoms with E-state index in [0.717, 1.165) is 17.9 Å². The van der Waals surface area contributed by atoms with Crippen LogP contribution >= 0.6 is 23.4 Å². The van der Waals surface area contributed by atoms with Gasteiger partial charge in [0.25, 0.3) is 6.43 Å². The molecule has 12 atom stereocenters. The summed E-state index contributed by atoms with van der Waals surface area (Å²) in [5, 5.41) is 14.1. The molecule has 15 heteroatoms. The molecule has 0 radical (unpaired) electrons. The van der Waals surface area contributed by atoms with Crippen LogP contribution in [0.3, 0.4) is 0 Å². The van der Waals surface area contributed by atoms with Gasteiger partial charge < -0.3 is 20.3 Å². The minimum atomic E-state index is -2.86. The Morgan fingerprint density at radius 3 is 2.62 bits per heavy atom. The first kappa shape index (κ1) is 29.6. The lowest BCUT2D eigenvalue weighted by Crippen LogP contribution is -2.57. The zero-order valence-corrected chi connectivity index (χ0v) is 23.9. The summed E-state index contributed by atoms with van der Waals surface area (Å²) >= 11 is 7.94. The van der Waals surface area contributed by atoms with Crippen LogP contribution in [0.1, 0.15) is 19.8 Å². The second-order valence-corrected chi connectivity index (χ2v) is 13.3. The minimum absolute atomic E-state index is 0.0177. The molecule has 0 aromatic rings. The predicted molar refractivity (Wildman–Crippen MR) is 141 cm³/mol. The largest absolute Gasteiger partial charge is 0.380 e. The lowest BCUT2D eigenvalue weighted by atomic mass is 9.70. The highest BCUT2D eigenvalue weighted by molar-refractivity contribution is 8.00. The van der Waals surface area contributed by atoms with Crippen LogP contribution in [0.5, 0.6) is 0 Å². The monoisotopic (exact) mass is 597 g/mol. The maximum atomic E-state index is 14.6. The highest BCUT2D eigenvalue weighted by Crippen LogP contribution is 2.39. The standard InChI is InChI=1S/C24H39ClF3N7O3S/c1-10-4-11(12-5-17(25)30-7-15(12)38-3)13(6-29-10)22(36)32-24-31-14-8-35(9-16(14)39-24)23(37)18-19(20(26)27)33-34(2)21(18)28/h10-21,24,29-31,33H,4-9H2,1-3H3,(H,32,36). The van der Waals surface area contributed by atoms with Crippen LogP contribution in [-0.4, -0.2) is 115 Å². The Hall–Kier alpha value is -0.870. The molecule has 5 N–H and O–H groups in total. The normalized spacial score (nSPS) is 45.1. The van der Waals surface area contributed by atoms with E-state index in [0.29, 0.717) is 19.6 Å². The molecule has 0 aliphatic carbocycles. The third-order valence-electron chi connectivity index (χ3n) is 9.01. The second kappa shape index (κ2) is 12.2. The summed E-state index contributed by atoms with van der Waals surface area (Å²) in [7, 11) is 3.01. The third-order valence-corrected chi connectivity index (χ3v) is 10.7. The number of carbonyl (C=O) groups is 2. The van der Waals surface area contributed by atoms with E-state index in [4.69, 9.17) is 16.3 Å². The number of piperidine rings is 2. The molecule has 0 spiro atoms. The van der Waals surface area contributed by atoms with Gasteiger partial charge in [-0.15, -0.1) is 23.4 Å². The Balaban J connectivity index is 1.18. The Morgan fingerprint density at radius 2 is 1.92 bits per heavy atom. The fraction of sp³-hybridized carbons (Fsp3) is 0.917. The SMILES string of the molecule is COC1CNC(Cl)CC1C1CC(C)NCC1C(=O)NC1NC2CN(C(=O)C3C(C(F)F)NN(C)C3F)CC2S1. The molecule has 5 heterocycles. The molecule has 39 heavy (non-hydrogen) atoms. The molecular formula is C24H39ClF3N7O3S. The van der Waals surface area contributed by atoms with Gasteiger partial charge >= 0.3 is 0 Å². The van der Waals surface area contributed by atoms with Gasteiger partial charge in [0.15, 0.2) is 6.30 Å². The maximum Gasteiger partial charge on any atom is 0.255 e. The van der Waals surface area contributed by atoms with Crippen molar-refractivity contribution in [3.8, 4) is 0 Å². The first-order chi connectivity index (χ1) is 18.6. The van der Waals surface area contributed by atoms with Crippen LogP contribution < -0.4 is 26.7 Å². The Labute approximate surface area is 236 Å². The van der Waals surface area contributed by atoms with Crippen LogP contribution in [0.4, 0.5) is 13.2 Å². The maximum absolute atomic E-state index is 14.6.